The fourth-order valence-corrected chi connectivity index (χ4v) is 3.59. The second-order valence-corrected chi connectivity index (χ2v) is 6.54. The van der Waals surface area contributed by atoms with E-state index in [-0.39, 0.29) is 11.9 Å². The van der Waals surface area contributed by atoms with Crippen molar-refractivity contribution in [3.63, 3.8) is 0 Å². The summed E-state index contributed by atoms with van der Waals surface area (Å²) in [4.78, 5) is 0. The van der Waals surface area contributed by atoms with E-state index in [1.165, 1.54) is 12.5 Å². The maximum Gasteiger partial charge on any atom is 0.129 e. The zero-order valence-electron chi connectivity index (χ0n) is 11.0. The van der Waals surface area contributed by atoms with E-state index in [1.54, 1.807) is 6.07 Å². The third kappa shape index (κ3) is 2.77. The van der Waals surface area contributed by atoms with Gasteiger partial charge in [-0.15, -0.1) is 0 Å². The number of benzene rings is 1. The monoisotopic (exact) mass is 313 g/mol. The highest BCUT2D eigenvalue weighted by molar-refractivity contribution is 9.10. The van der Waals surface area contributed by atoms with Crippen molar-refractivity contribution in [3.05, 3.63) is 34.1 Å². The highest BCUT2D eigenvalue weighted by Crippen LogP contribution is 2.40. The summed E-state index contributed by atoms with van der Waals surface area (Å²) in [7, 11) is 0. The molecule has 4 atom stereocenters. The van der Waals surface area contributed by atoms with Crippen molar-refractivity contribution in [1.29, 1.82) is 0 Å². The summed E-state index contributed by atoms with van der Waals surface area (Å²) in [6.07, 6.45) is 3.40. The van der Waals surface area contributed by atoms with E-state index < -0.39 is 0 Å². The summed E-state index contributed by atoms with van der Waals surface area (Å²) in [6, 6.07) is 4.87. The van der Waals surface area contributed by atoms with Crippen molar-refractivity contribution >= 4 is 15.9 Å². The van der Waals surface area contributed by atoms with Crippen LogP contribution in [0.1, 0.15) is 44.7 Å². The van der Waals surface area contributed by atoms with Gasteiger partial charge in [0.1, 0.15) is 5.82 Å². The average Bonchev–Trinajstić information content (AvgIpc) is 2.32. The van der Waals surface area contributed by atoms with Crippen LogP contribution in [-0.4, -0.2) is 0 Å². The molecule has 0 aromatic heterocycles. The van der Waals surface area contributed by atoms with Crippen molar-refractivity contribution in [3.8, 4) is 0 Å². The minimum absolute atomic E-state index is 0.192. The van der Waals surface area contributed by atoms with Gasteiger partial charge in [-0.2, -0.15) is 0 Å². The van der Waals surface area contributed by atoms with Gasteiger partial charge >= 0.3 is 0 Å². The molecule has 2 rings (SSSR count). The number of rotatable bonds is 2. The number of halogens is 2. The van der Waals surface area contributed by atoms with Crippen LogP contribution >= 0.6 is 15.9 Å². The molecule has 0 aliphatic heterocycles. The van der Waals surface area contributed by atoms with E-state index in [4.69, 9.17) is 5.73 Å². The van der Waals surface area contributed by atoms with Gasteiger partial charge in [0.25, 0.3) is 0 Å². The lowest BCUT2D eigenvalue weighted by molar-refractivity contribution is 0.184. The molecule has 1 nitrogen and oxygen atoms in total. The molecule has 1 aliphatic rings. The molecule has 100 valence electrons. The first-order valence-corrected chi connectivity index (χ1v) is 7.49. The zero-order valence-corrected chi connectivity index (χ0v) is 12.6. The van der Waals surface area contributed by atoms with Gasteiger partial charge in [-0.3, -0.25) is 0 Å². The molecule has 1 aromatic rings. The van der Waals surface area contributed by atoms with Gasteiger partial charge in [-0.05, 0) is 42.7 Å². The van der Waals surface area contributed by atoms with Crippen LogP contribution in [0.15, 0.2) is 22.7 Å². The topological polar surface area (TPSA) is 26.0 Å². The van der Waals surface area contributed by atoms with Crippen LogP contribution < -0.4 is 5.73 Å². The van der Waals surface area contributed by atoms with E-state index in [0.29, 0.717) is 17.4 Å². The first kappa shape index (κ1) is 14.0. The standard InChI is InChI=1S/C15H21BrFN/c1-9-6-7-11(8-10(9)2)15(18)14-12(16)4-3-5-13(14)17/h3-5,9-11,15H,6-8,18H2,1-2H3. The van der Waals surface area contributed by atoms with Crippen LogP contribution in [0.25, 0.3) is 0 Å². The van der Waals surface area contributed by atoms with Crippen molar-refractivity contribution in [2.45, 2.75) is 39.2 Å². The Morgan fingerprint density at radius 2 is 2.00 bits per heavy atom. The number of hydrogen-bond acceptors (Lipinski definition) is 1. The van der Waals surface area contributed by atoms with Crippen molar-refractivity contribution in [1.82, 2.24) is 0 Å². The molecule has 0 bridgehead atoms. The summed E-state index contributed by atoms with van der Waals surface area (Å²) in [5, 5.41) is 0. The molecule has 0 heterocycles. The normalized spacial score (nSPS) is 30.2. The van der Waals surface area contributed by atoms with Crippen LogP contribution in [0.4, 0.5) is 4.39 Å². The Kier molecular flexibility index (Phi) is 4.44. The fourth-order valence-electron chi connectivity index (χ4n) is 2.98. The van der Waals surface area contributed by atoms with Gasteiger partial charge in [0.2, 0.25) is 0 Å². The quantitative estimate of drug-likeness (QED) is 0.844. The third-order valence-electron chi connectivity index (χ3n) is 4.48. The van der Waals surface area contributed by atoms with Crippen LogP contribution in [0.5, 0.6) is 0 Å². The lowest BCUT2D eigenvalue weighted by atomic mass is 9.72. The maximum absolute atomic E-state index is 13.9. The first-order valence-electron chi connectivity index (χ1n) is 6.70. The zero-order chi connectivity index (χ0) is 13.3. The van der Waals surface area contributed by atoms with Gasteiger partial charge in [0, 0.05) is 16.1 Å². The lowest BCUT2D eigenvalue weighted by Crippen LogP contribution is -2.30. The maximum atomic E-state index is 13.9. The molecular weight excluding hydrogens is 293 g/mol. The molecule has 0 saturated heterocycles. The van der Waals surface area contributed by atoms with Gasteiger partial charge < -0.3 is 5.73 Å². The SMILES string of the molecule is CC1CCC(C(N)c2c(F)cccc2Br)CC1C. The Hall–Kier alpha value is -0.410. The molecular formula is C15H21BrFN. The van der Waals surface area contributed by atoms with E-state index in [9.17, 15) is 4.39 Å². The van der Waals surface area contributed by atoms with Crippen molar-refractivity contribution in [2.75, 3.05) is 0 Å². The van der Waals surface area contributed by atoms with Crippen LogP contribution in [0.2, 0.25) is 0 Å². The molecule has 3 heteroatoms. The summed E-state index contributed by atoms with van der Waals surface area (Å²) >= 11 is 3.42. The molecule has 0 radical (unpaired) electrons. The summed E-state index contributed by atoms with van der Waals surface area (Å²) in [5.41, 5.74) is 6.95. The summed E-state index contributed by atoms with van der Waals surface area (Å²) < 4.78 is 14.7. The minimum Gasteiger partial charge on any atom is -0.324 e. The van der Waals surface area contributed by atoms with Gasteiger partial charge in [-0.1, -0.05) is 42.3 Å². The summed E-state index contributed by atoms with van der Waals surface area (Å²) in [5.74, 6) is 1.64. The van der Waals surface area contributed by atoms with Crippen LogP contribution in [-0.2, 0) is 0 Å². The third-order valence-corrected chi connectivity index (χ3v) is 5.17. The van der Waals surface area contributed by atoms with E-state index in [2.05, 4.69) is 29.8 Å². The molecule has 0 spiro atoms. The smallest absolute Gasteiger partial charge is 0.129 e. The second-order valence-electron chi connectivity index (χ2n) is 5.69. The Bertz CT molecular complexity index is 401. The molecule has 18 heavy (non-hydrogen) atoms. The highest BCUT2D eigenvalue weighted by atomic mass is 79.9. The number of nitrogens with two attached hydrogens (primary N) is 1. The Balaban J connectivity index is 2.19. The lowest BCUT2D eigenvalue weighted by Gasteiger charge is -2.35. The van der Waals surface area contributed by atoms with Gasteiger partial charge in [0.05, 0.1) is 0 Å². The Labute approximate surface area is 117 Å². The van der Waals surface area contributed by atoms with Gasteiger partial charge in [0.15, 0.2) is 0 Å². The predicted molar refractivity (Wildman–Crippen MR) is 76.7 cm³/mol. The fraction of sp³-hybridized carbons (Fsp3) is 0.600. The Morgan fingerprint density at radius 3 is 2.61 bits per heavy atom. The molecule has 1 saturated carbocycles. The van der Waals surface area contributed by atoms with Crippen LogP contribution in [0, 0.1) is 23.6 Å². The first-order chi connectivity index (χ1) is 8.50. The molecule has 1 aliphatic carbocycles. The minimum atomic E-state index is -0.199. The van der Waals surface area contributed by atoms with Crippen LogP contribution in [0.3, 0.4) is 0 Å². The molecule has 4 unspecified atom stereocenters. The average molecular weight is 314 g/mol. The molecule has 2 N–H and O–H groups in total. The van der Waals surface area contributed by atoms with E-state index in [1.807, 2.05) is 6.07 Å². The molecule has 0 amide bonds. The highest BCUT2D eigenvalue weighted by Gasteiger charge is 2.31. The van der Waals surface area contributed by atoms with Crippen molar-refractivity contribution < 1.29 is 4.39 Å². The second kappa shape index (κ2) is 5.70. The van der Waals surface area contributed by atoms with Gasteiger partial charge in [-0.25, -0.2) is 4.39 Å². The predicted octanol–water partition coefficient (Wildman–Crippen LogP) is 4.66. The van der Waals surface area contributed by atoms with E-state index in [0.717, 1.165) is 23.2 Å². The van der Waals surface area contributed by atoms with Crippen molar-refractivity contribution in [2.24, 2.45) is 23.5 Å². The largest absolute Gasteiger partial charge is 0.324 e. The molecule has 1 aromatic carbocycles. The Morgan fingerprint density at radius 1 is 1.28 bits per heavy atom. The summed E-state index contributed by atoms with van der Waals surface area (Å²) in [6.45, 7) is 4.57. The number of hydrogen-bond donors (Lipinski definition) is 1. The molecule has 1 fully saturated rings. The van der Waals surface area contributed by atoms with E-state index >= 15 is 0 Å².